The Labute approximate surface area is 107 Å². The van der Waals surface area contributed by atoms with Gasteiger partial charge in [0.15, 0.2) is 0 Å². The van der Waals surface area contributed by atoms with Gasteiger partial charge in [0.1, 0.15) is 5.15 Å². The van der Waals surface area contributed by atoms with Crippen molar-refractivity contribution in [1.29, 1.82) is 0 Å². The molecular weight excluding hydrogens is 236 g/mol. The third-order valence-corrected chi connectivity index (χ3v) is 3.50. The van der Waals surface area contributed by atoms with Gasteiger partial charge in [-0.1, -0.05) is 25.4 Å². The number of aromatic nitrogens is 1. The molecule has 3 nitrogen and oxygen atoms in total. The molecule has 1 N–H and O–H groups in total. The minimum Gasteiger partial charge on any atom is -0.349 e. The van der Waals surface area contributed by atoms with Crippen LogP contribution in [-0.4, -0.2) is 16.9 Å². The number of carbonyl (C=O) groups excluding carboxylic acids is 1. The van der Waals surface area contributed by atoms with Gasteiger partial charge in [-0.05, 0) is 36.8 Å². The zero-order valence-electron chi connectivity index (χ0n) is 10.2. The summed E-state index contributed by atoms with van der Waals surface area (Å²) in [7, 11) is 0. The fraction of sp³-hybridized carbons (Fsp3) is 0.538. The van der Waals surface area contributed by atoms with E-state index in [0.29, 0.717) is 16.1 Å². The highest BCUT2D eigenvalue weighted by atomic mass is 35.5. The van der Waals surface area contributed by atoms with Crippen LogP contribution in [0.15, 0.2) is 18.3 Å². The molecule has 0 saturated heterocycles. The molecule has 2 rings (SSSR count). The fourth-order valence-corrected chi connectivity index (χ4v) is 2.55. The maximum absolute atomic E-state index is 12.0. The van der Waals surface area contributed by atoms with E-state index < -0.39 is 0 Å². The lowest BCUT2D eigenvalue weighted by Crippen LogP contribution is -2.33. The molecule has 1 aromatic heterocycles. The molecule has 0 radical (unpaired) electrons. The van der Waals surface area contributed by atoms with Crippen molar-refractivity contribution in [3.63, 3.8) is 0 Å². The number of pyridine rings is 1. The summed E-state index contributed by atoms with van der Waals surface area (Å²) in [5.41, 5.74) is 0.920. The first-order valence-corrected chi connectivity index (χ1v) is 6.26. The molecule has 1 atom stereocenters. The van der Waals surface area contributed by atoms with Gasteiger partial charge < -0.3 is 5.32 Å². The van der Waals surface area contributed by atoms with Gasteiger partial charge in [0, 0.05) is 17.8 Å². The maximum Gasteiger partial charge on any atom is 0.251 e. The molecule has 92 valence electrons. The van der Waals surface area contributed by atoms with Crippen LogP contribution < -0.4 is 5.32 Å². The van der Waals surface area contributed by atoms with E-state index in [0.717, 1.165) is 19.3 Å². The van der Waals surface area contributed by atoms with Crippen molar-refractivity contribution < 1.29 is 4.79 Å². The van der Waals surface area contributed by atoms with E-state index in [1.807, 2.05) is 0 Å². The van der Waals surface area contributed by atoms with E-state index in [2.05, 4.69) is 24.1 Å². The van der Waals surface area contributed by atoms with Gasteiger partial charge in [-0.25, -0.2) is 4.98 Å². The zero-order valence-corrected chi connectivity index (χ0v) is 10.9. The SMILES string of the molecule is CC1(C)CCC(NC(=O)c2ccnc(Cl)c2)C1. The van der Waals surface area contributed by atoms with Crippen molar-refractivity contribution >= 4 is 17.5 Å². The van der Waals surface area contributed by atoms with E-state index in [-0.39, 0.29) is 11.9 Å². The maximum atomic E-state index is 12.0. The Balaban J connectivity index is 1.98. The van der Waals surface area contributed by atoms with E-state index in [1.165, 1.54) is 0 Å². The number of hydrogen-bond donors (Lipinski definition) is 1. The smallest absolute Gasteiger partial charge is 0.251 e. The van der Waals surface area contributed by atoms with Crippen molar-refractivity contribution in [2.45, 2.75) is 39.2 Å². The number of amides is 1. The third kappa shape index (κ3) is 3.19. The van der Waals surface area contributed by atoms with Crippen LogP contribution in [0.1, 0.15) is 43.5 Å². The molecule has 17 heavy (non-hydrogen) atoms. The summed E-state index contributed by atoms with van der Waals surface area (Å²) >= 11 is 5.76. The Kier molecular flexibility index (Phi) is 3.38. The molecule has 1 amide bonds. The number of nitrogens with one attached hydrogen (secondary N) is 1. The van der Waals surface area contributed by atoms with Crippen molar-refractivity contribution in [2.24, 2.45) is 5.41 Å². The highest BCUT2D eigenvalue weighted by Gasteiger charge is 2.31. The molecule has 0 bridgehead atoms. The van der Waals surface area contributed by atoms with Gasteiger partial charge in [-0.3, -0.25) is 4.79 Å². The van der Waals surface area contributed by atoms with Crippen LogP contribution in [0.25, 0.3) is 0 Å². The predicted molar refractivity (Wildman–Crippen MR) is 68.1 cm³/mol. The van der Waals surface area contributed by atoms with Crippen LogP contribution >= 0.6 is 11.6 Å². The molecule has 4 heteroatoms. The van der Waals surface area contributed by atoms with Crippen LogP contribution in [-0.2, 0) is 0 Å². The molecule has 0 spiro atoms. The number of nitrogens with zero attached hydrogens (tertiary/aromatic N) is 1. The topological polar surface area (TPSA) is 42.0 Å². The number of rotatable bonds is 2. The summed E-state index contributed by atoms with van der Waals surface area (Å²) in [6, 6.07) is 3.56. The van der Waals surface area contributed by atoms with Crippen molar-refractivity contribution in [1.82, 2.24) is 10.3 Å². The van der Waals surface area contributed by atoms with Crippen molar-refractivity contribution in [3.8, 4) is 0 Å². The van der Waals surface area contributed by atoms with E-state index >= 15 is 0 Å². The van der Waals surface area contributed by atoms with Gasteiger partial charge in [0.2, 0.25) is 0 Å². The van der Waals surface area contributed by atoms with Gasteiger partial charge in [-0.2, -0.15) is 0 Å². The highest BCUT2D eigenvalue weighted by molar-refractivity contribution is 6.29. The lowest BCUT2D eigenvalue weighted by molar-refractivity contribution is 0.0936. The lowest BCUT2D eigenvalue weighted by Gasteiger charge is -2.17. The van der Waals surface area contributed by atoms with Crippen molar-refractivity contribution in [2.75, 3.05) is 0 Å². The number of hydrogen-bond acceptors (Lipinski definition) is 2. The average Bonchev–Trinajstić information content (AvgIpc) is 2.58. The summed E-state index contributed by atoms with van der Waals surface area (Å²) < 4.78 is 0. The zero-order chi connectivity index (χ0) is 12.5. The first-order chi connectivity index (χ1) is 7.96. The fourth-order valence-electron chi connectivity index (χ4n) is 2.37. The molecular formula is C13H17ClN2O. The van der Waals surface area contributed by atoms with Crippen LogP contribution in [0.2, 0.25) is 5.15 Å². The Bertz CT molecular complexity index is 431. The predicted octanol–water partition coefficient (Wildman–Crippen LogP) is 3.04. The Morgan fingerprint density at radius 1 is 1.59 bits per heavy atom. The average molecular weight is 253 g/mol. The summed E-state index contributed by atoms with van der Waals surface area (Å²) in [5, 5.41) is 3.40. The van der Waals surface area contributed by atoms with E-state index in [4.69, 9.17) is 11.6 Å². The minimum absolute atomic E-state index is 0.0583. The van der Waals surface area contributed by atoms with E-state index in [9.17, 15) is 4.79 Å². The molecule has 1 fully saturated rings. The third-order valence-electron chi connectivity index (χ3n) is 3.29. The largest absolute Gasteiger partial charge is 0.349 e. The molecule has 1 aromatic rings. The quantitative estimate of drug-likeness (QED) is 0.822. The number of halogens is 1. The van der Waals surface area contributed by atoms with Crippen LogP contribution in [0.4, 0.5) is 0 Å². The number of carbonyl (C=O) groups is 1. The highest BCUT2D eigenvalue weighted by Crippen LogP contribution is 2.36. The standard InChI is InChI=1S/C13H17ClN2O/c1-13(2)5-3-10(8-13)16-12(17)9-4-6-15-11(14)7-9/h4,6-7,10H,3,5,8H2,1-2H3,(H,16,17). The van der Waals surface area contributed by atoms with Gasteiger partial charge in [0.25, 0.3) is 5.91 Å². The van der Waals surface area contributed by atoms with Gasteiger partial charge >= 0.3 is 0 Å². The molecule has 1 saturated carbocycles. The second-order valence-electron chi connectivity index (χ2n) is 5.44. The first kappa shape index (κ1) is 12.4. The normalized spacial score (nSPS) is 22.4. The molecule has 1 heterocycles. The van der Waals surface area contributed by atoms with Crippen LogP contribution in [0.5, 0.6) is 0 Å². The molecule has 1 aliphatic rings. The van der Waals surface area contributed by atoms with Gasteiger partial charge in [-0.15, -0.1) is 0 Å². The van der Waals surface area contributed by atoms with Crippen molar-refractivity contribution in [3.05, 3.63) is 29.0 Å². The monoisotopic (exact) mass is 252 g/mol. The lowest BCUT2D eigenvalue weighted by atomic mass is 9.92. The van der Waals surface area contributed by atoms with Crippen LogP contribution in [0.3, 0.4) is 0 Å². The van der Waals surface area contributed by atoms with Crippen LogP contribution in [0, 0.1) is 5.41 Å². The molecule has 0 aliphatic heterocycles. The summed E-state index contributed by atoms with van der Waals surface area (Å²) in [6.07, 6.45) is 4.81. The summed E-state index contributed by atoms with van der Waals surface area (Å²) in [6.45, 7) is 4.48. The Morgan fingerprint density at radius 3 is 2.94 bits per heavy atom. The summed E-state index contributed by atoms with van der Waals surface area (Å²) in [5.74, 6) is -0.0583. The van der Waals surface area contributed by atoms with Gasteiger partial charge in [0.05, 0.1) is 0 Å². The second kappa shape index (κ2) is 4.65. The summed E-state index contributed by atoms with van der Waals surface area (Å²) in [4.78, 5) is 15.8. The van der Waals surface area contributed by atoms with E-state index in [1.54, 1.807) is 18.3 Å². The Hall–Kier alpha value is -1.09. The molecule has 1 unspecified atom stereocenters. The first-order valence-electron chi connectivity index (χ1n) is 5.89. The molecule has 0 aromatic carbocycles. The Morgan fingerprint density at radius 2 is 2.35 bits per heavy atom. The molecule has 1 aliphatic carbocycles. The second-order valence-corrected chi connectivity index (χ2v) is 5.83. The minimum atomic E-state index is -0.0583.